The number of carbonyl (C=O) groups is 1. The molecule has 3 aliphatic heterocycles. The summed E-state index contributed by atoms with van der Waals surface area (Å²) in [5.41, 5.74) is -2.23. The molecular weight excluding hydrogens is 594 g/mol. The van der Waals surface area contributed by atoms with Gasteiger partial charge in [0.15, 0.2) is 12.4 Å². The molecule has 4 N–H and O–H groups in total. The van der Waals surface area contributed by atoms with Gasteiger partial charge in [-0.2, -0.15) is 4.99 Å². The first kappa shape index (κ1) is 36.4. The van der Waals surface area contributed by atoms with Crippen LogP contribution in [0.3, 0.4) is 0 Å². The van der Waals surface area contributed by atoms with Gasteiger partial charge in [-0.3, -0.25) is 4.79 Å². The number of benzene rings is 1. The summed E-state index contributed by atoms with van der Waals surface area (Å²) in [5, 5.41) is 37.0. The topological polar surface area (TPSA) is 152 Å². The molecule has 260 valence electrons. The molecule has 3 aliphatic rings. The first-order valence-corrected chi connectivity index (χ1v) is 16.5. The summed E-state index contributed by atoms with van der Waals surface area (Å²) in [6, 6.07) is 7.30. The number of nitrogens with one attached hydrogen (secondary N) is 1. The van der Waals surface area contributed by atoms with Crippen molar-refractivity contribution in [1.29, 1.82) is 0 Å². The van der Waals surface area contributed by atoms with Crippen molar-refractivity contribution in [2.75, 3.05) is 27.3 Å². The number of methoxy groups -OCH3 is 1. The normalized spacial score (nSPS) is 42.4. The molecule has 0 amide bonds. The molecule has 3 saturated heterocycles. The number of carbonyl (C=O) groups excluding carboxylic acids is 1. The first-order valence-electron chi connectivity index (χ1n) is 16.5. The largest absolute Gasteiger partial charge is 0.497 e. The molecule has 0 spiro atoms. The van der Waals surface area contributed by atoms with Crippen molar-refractivity contribution < 1.29 is 43.8 Å². The number of aliphatic hydroxyl groups is 3. The van der Waals surface area contributed by atoms with E-state index in [1.54, 1.807) is 27.9 Å². The molecule has 4 rings (SSSR count). The minimum absolute atomic E-state index is 0.0237. The summed E-state index contributed by atoms with van der Waals surface area (Å²) in [6.07, 6.45) is -1.91. The van der Waals surface area contributed by atoms with E-state index < -0.39 is 53.7 Å². The monoisotopic (exact) mass is 649 g/mol. The third-order valence-electron chi connectivity index (χ3n) is 9.63. The number of amidine groups is 1. The lowest BCUT2D eigenvalue weighted by Gasteiger charge is -2.44. The van der Waals surface area contributed by atoms with E-state index in [2.05, 4.69) is 5.32 Å². The zero-order chi connectivity index (χ0) is 34.0. The molecule has 3 heterocycles. The molecule has 12 nitrogen and oxygen atoms in total. The number of aliphatic hydroxyl groups excluding tert-OH is 1. The number of nitrogens with zero attached hydrogens (tertiary/aromatic N) is 2. The Labute approximate surface area is 273 Å². The highest BCUT2D eigenvalue weighted by Crippen LogP contribution is 2.38. The van der Waals surface area contributed by atoms with Gasteiger partial charge in [-0.25, -0.2) is 0 Å². The lowest BCUT2D eigenvalue weighted by Crippen LogP contribution is -2.56. The lowest BCUT2D eigenvalue weighted by atomic mass is 9.79. The number of ether oxygens (including phenoxy) is 5. The Balaban J connectivity index is 1.59. The Morgan fingerprint density at radius 3 is 2.37 bits per heavy atom. The summed E-state index contributed by atoms with van der Waals surface area (Å²) in [6.45, 7) is 12.8. The smallest absolute Gasteiger partial charge is 0.308 e. The molecule has 0 bridgehead atoms. The fourth-order valence-electron chi connectivity index (χ4n) is 7.05. The van der Waals surface area contributed by atoms with E-state index in [0.717, 1.165) is 11.4 Å². The molecule has 3 fully saturated rings. The second-order valence-corrected chi connectivity index (χ2v) is 14.3. The third kappa shape index (κ3) is 8.51. The van der Waals surface area contributed by atoms with Crippen molar-refractivity contribution in [2.24, 2.45) is 22.7 Å². The van der Waals surface area contributed by atoms with Gasteiger partial charge in [0.25, 0.3) is 6.02 Å². The Morgan fingerprint density at radius 2 is 1.72 bits per heavy atom. The van der Waals surface area contributed by atoms with Gasteiger partial charge in [0.05, 0.1) is 42.6 Å². The average Bonchev–Trinajstić information content (AvgIpc) is 3.30. The predicted octanol–water partition coefficient (Wildman–Crippen LogP) is 2.99. The maximum Gasteiger partial charge on any atom is 0.308 e. The van der Waals surface area contributed by atoms with Gasteiger partial charge in [-0.05, 0) is 89.6 Å². The molecule has 12 atom stereocenters. The molecule has 1 aromatic carbocycles. The highest BCUT2D eigenvalue weighted by molar-refractivity contribution is 5.79. The molecule has 8 unspecified atom stereocenters. The molecular formula is C34H55N3O9. The maximum atomic E-state index is 13.0. The number of fused-ring (bicyclic) bond motifs is 1. The summed E-state index contributed by atoms with van der Waals surface area (Å²) in [4.78, 5) is 19.8. The fourth-order valence-corrected chi connectivity index (χ4v) is 7.05. The van der Waals surface area contributed by atoms with Gasteiger partial charge < -0.3 is 49.2 Å². The third-order valence-corrected chi connectivity index (χ3v) is 9.63. The van der Waals surface area contributed by atoms with Gasteiger partial charge in [-0.1, -0.05) is 20.8 Å². The number of hydrogen-bond donors (Lipinski definition) is 4. The Bertz CT molecular complexity index is 1190. The number of rotatable bonds is 4. The standard InChI is InChI=1S/C34H55N3O9/c1-19-16-33(6,40)29(20(2)14-21(3)30(39)43-18-34(7,41)28(38)23(5)35-17-19)46-31-27-26(15-22(4)44-31)37(8)32(45-27)36-24-10-12-25(42-9)13-11-24/h10-13,19-23,26-29,31,35,38,40-41H,14-18H2,1-9H3/b36-32+/t19?,20?,21?,22-,23?,26+,27-,28?,29?,31+,33?,34?/m1/s1. The zero-order valence-electron chi connectivity index (χ0n) is 28.8. The number of likely N-dealkylation sites (N-methyl/N-ethyl adjacent to an activating group) is 1. The second-order valence-electron chi connectivity index (χ2n) is 14.3. The van der Waals surface area contributed by atoms with Crippen molar-refractivity contribution >= 4 is 17.7 Å². The van der Waals surface area contributed by atoms with Gasteiger partial charge >= 0.3 is 5.97 Å². The van der Waals surface area contributed by atoms with Crippen LogP contribution in [0.2, 0.25) is 0 Å². The summed E-state index contributed by atoms with van der Waals surface area (Å²) < 4.78 is 30.3. The van der Waals surface area contributed by atoms with Crippen LogP contribution in [-0.4, -0.2) is 114 Å². The number of hydrogen-bond acceptors (Lipinski definition) is 11. The maximum absolute atomic E-state index is 13.0. The van der Waals surface area contributed by atoms with Crippen molar-refractivity contribution in [3.8, 4) is 5.75 Å². The van der Waals surface area contributed by atoms with Crippen LogP contribution in [0.15, 0.2) is 29.3 Å². The van der Waals surface area contributed by atoms with Crippen LogP contribution >= 0.6 is 0 Å². The minimum atomic E-state index is -1.64. The molecule has 1 aromatic rings. The summed E-state index contributed by atoms with van der Waals surface area (Å²) in [5.74, 6) is -0.632. The van der Waals surface area contributed by atoms with Crippen LogP contribution in [0.1, 0.15) is 67.7 Å². The van der Waals surface area contributed by atoms with E-state index >= 15 is 0 Å². The Hall–Kier alpha value is -2.48. The molecule has 0 saturated carbocycles. The van der Waals surface area contributed by atoms with Crippen LogP contribution in [0.25, 0.3) is 0 Å². The van der Waals surface area contributed by atoms with E-state index in [1.165, 1.54) is 6.92 Å². The van der Waals surface area contributed by atoms with Gasteiger partial charge in [0, 0.05) is 13.1 Å². The van der Waals surface area contributed by atoms with Crippen molar-refractivity contribution in [1.82, 2.24) is 10.2 Å². The van der Waals surface area contributed by atoms with E-state index in [1.807, 2.05) is 57.0 Å². The van der Waals surface area contributed by atoms with Crippen molar-refractivity contribution in [2.45, 2.75) is 122 Å². The van der Waals surface area contributed by atoms with Crippen molar-refractivity contribution in [3.63, 3.8) is 0 Å². The molecule has 0 aromatic heterocycles. The van der Waals surface area contributed by atoms with E-state index in [4.69, 9.17) is 28.7 Å². The van der Waals surface area contributed by atoms with Gasteiger partial charge in [-0.15, -0.1) is 0 Å². The number of aliphatic imine (C=N–C) groups is 1. The SMILES string of the molecule is COc1ccc(/N=C2/O[C@H]3[C@H](OC4C(C)CC(C)C(=O)OCC(C)(O)C(O)C(C)NCC(C)CC4(C)O)O[C@H](C)C[C@@H]3N2C)cc1. The molecule has 12 heteroatoms. The van der Waals surface area contributed by atoms with Crippen LogP contribution in [0.4, 0.5) is 5.69 Å². The van der Waals surface area contributed by atoms with Gasteiger partial charge in [0.2, 0.25) is 0 Å². The Morgan fingerprint density at radius 1 is 1.04 bits per heavy atom. The van der Waals surface area contributed by atoms with Crippen LogP contribution < -0.4 is 10.1 Å². The minimum Gasteiger partial charge on any atom is -0.497 e. The second kappa shape index (κ2) is 14.7. The highest BCUT2D eigenvalue weighted by atomic mass is 16.7. The predicted molar refractivity (Wildman–Crippen MR) is 173 cm³/mol. The van der Waals surface area contributed by atoms with E-state index in [-0.39, 0.29) is 30.6 Å². The van der Waals surface area contributed by atoms with Crippen LogP contribution in [0.5, 0.6) is 5.75 Å². The quantitative estimate of drug-likeness (QED) is 0.357. The molecule has 0 radical (unpaired) electrons. The van der Waals surface area contributed by atoms with Crippen LogP contribution in [-0.2, 0) is 23.7 Å². The van der Waals surface area contributed by atoms with Crippen molar-refractivity contribution in [3.05, 3.63) is 24.3 Å². The first-order chi connectivity index (χ1) is 21.5. The van der Waals surface area contributed by atoms with Crippen LogP contribution in [0, 0.1) is 17.8 Å². The van der Waals surface area contributed by atoms with Gasteiger partial charge in [0.1, 0.15) is 24.1 Å². The molecule has 46 heavy (non-hydrogen) atoms. The highest BCUT2D eigenvalue weighted by Gasteiger charge is 2.51. The average molecular weight is 650 g/mol. The van der Waals surface area contributed by atoms with E-state index in [0.29, 0.717) is 31.8 Å². The Kier molecular flexibility index (Phi) is 11.6. The summed E-state index contributed by atoms with van der Waals surface area (Å²) >= 11 is 0. The fraction of sp³-hybridized carbons (Fsp3) is 0.765. The summed E-state index contributed by atoms with van der Waals surface area (Å²) in [7, 11) is 3.56. The molecule has 0 aliphatic carbocycles. The van der Waals surface area contributed by atoms with E-state index in [9.17, 15) is 20.1 Å². The lowest BCUT2D eigenvalue weighted by molar-refractivity contribution is -0.283. The zero-order valence-corrected chi connectivity index (χ0v) is 28.8. The number of esters is 1. The number of cyclic esters (lactones) is 1.